The molecule has 0 fully saturated rings. The summed E-state index contributed by atoms with van der Waals surface area (Å²) in [5.41, 5.74) is 5.37. The van der Waals surface area contributed by atoms with Crippen LogP contribution in [0.2, 0.25) is 0 Å². The van der Waals surface area contributed by atoms with Gasteiger partial charge < -0.3 is 28.7 Å². The first-order valence-corrected chi connectivity index (χ1v) is 36.1. The Balaban J connectivity index is 0.899. The number of carbonyl (C=O) groups excluding carboxylic acids is 2. The van der Waals surface area contributed by atoms with E-state index in [0.29, 0.717) is 37.4 Å². The highest BCUT2D eigenvalue weighted by Gasteiger charge is 2.47. The van der Waals surface area contributed by atoms with Gasteiger partial charge in [0.25, 0.3) is 11.8 Å². The number of fused-ring (bicyclic) bond motifs is 2. The van der Waals surface area contributed by atoms with Crippen molar-refractivity contribution in [3.63, 3.8) is 0 Å². The first-order valence-electron chi connectivity index (χ1n) is 32.8. The predicted octanol–water partition coefficient (Wildman–Crippen LogP) is 21.6. The van der Waals surface area contributed by atoms with Crippen molar-refractivity contribution in [3.05, 3.63) is 111 Å². The Kier molecular flexibility index (Phi) is 27.2. The van der Waals surface area contributed by atoms with Crippen molar-refractivity contribution in [2.24, 2.45) is 0 Å². The van der Waals surface area contributed by atoms with E-state index in [1.165, 1.54) is 111 Å². The summed E-state index contributed by atoms with van der Waals surface area (Å²) in [5.74, 6) is 3.67. The number of aryl methyl sites for hydroxylation is 3. The minimum absolute atomic E-state index is 0.0461. The summed E-state index contributed by atoms with van der Waals surface area (Å²) in [7, 11) is 0. The molecule has 0 bridgehead atoms. The molecule has 0 N–H and O–H groups in total. The van der Waals surface area contributed by atoms with Gasteiger partial charge in [-0.05, 0) is 138 Å². The maximum atomic E-state index is 14.9. The van der Waals surface area contributed by atoms with Crippen LogP contribution in [0.5, 0.6) is 23.0 Å². The highest BCUT2D eigenvalue weighted by Crippen LogP contribution is 2.58. The lowest BCUT2D eigenvalue weighted by Crippen LogP contribution is -2.30. The van der Waals surface area contributed by atoms with Crippen molar-refractivity contribution in [1.29, 1.82) is 0 Å². The van der Waals surface area contributed by atoms with Crippen LogP contribution in [0.4, 0.5) is 0 Å². The molecule has 2 aliphatic heterocycles. The van der Waals surface area contributed by atoms with Gasteiger partial charge in [0.05, 0.1) is 67.3 Å². The lowest BCUT2D eigenvalue weighted by atomic mass is 10.1. The molecule has 6 aromatic rings. The number of benzene rings is 2. The molecule has 12 heteroatoms. The Hall–Kier alpha value is -4.88. The second-order valence-corrected chi connectivity index (χ2v) is 27.7. The number of carbonyl (C=O) groups is 2. The Morgan fingerprint density at radius 3 is 1.26 bits per heavy atom. The average molecular weight is 1220 g/mol. The van der Waals surface area contributed by atoms with Crippen LogP contribution in [0.25, 0.3) is 34.6 Å². The van der Waals surface area contributed by atoms with Gasteiger partial charge >= 0.3 is 0 Å². The average Bonchev–Trinajstić information content (AvgIpc) is 1.72. The Bertz CT molecular complexity index is 3010. The topological polar surface area (TPSA) is 77.5 Å². The van der Waals surface area contributed by atoms with Gasteiger partial charge in [0.2, 0.25) is 0 Å². The molecule has 8 nitrogen and oxygen atoms in total. The second kappa shape index (κ2) is 35.1. The fourth-order valence-corrected chi connectivity index (χ4v) is 16.4. The number of hydrogen-bond acceptors (Lipinski definition) is 10. The van der Waals surface area contributed by atoms with E-state index in [1.54, 1.807) is 45.3 Å². The molecule has 0 aliphatic carbocycles. The van der Waals surface area contributed by atoms with E-state index in [2.05, 4.69) is 107 Å². The quantitative estimate of drug-likeness (QED) is 0.0355. The van der Waals surface area contributed by atoms with Crippen LogP contribution in [-0.2, 0) is 22.4 Å². The molecule has 4 aromatic heterocycles. The van der Waals surface area contributed by atoms with Gasteiger partial charge in [0.15, 0.2) is 11.5 Å². The van der Waals surface area contributed by atoms with E-state index in [1.807, 2.05) is 16.7 Å². The fraction of sp³-hybridized carbons (Fsp3) is 0.556. The standard InChI is InChI=1S/C72H98N2O6S4/c1-7-11-13-15-17-19-25-31-51-77-57-40-36-55(37-41-57)33-27-21-23-29-47-73-54(6)62-63(72(73)76)64(74(71(62)75)48-30-24-22-28-34-56-38-42-58(43-39-56)78-52-32-26-20-18-16-14-12-8-2)59-45-46-61(82-59)68-66(80-50-10-4)70-69(84-68)65(79-49-9-3)67(83-70)60-44-35-53(5)81-60/h35-46H,7-34,47-52H2,1-6H3. The van der Waals surface area contributed by atoms with Gasteiger partial charge in [-0.1, -0.05) is 168 Å². The van der Waals surface area contributed by atoms with E-state index >= 15 is 0 Å². The molecule has 0 atom stereocenters. The van der Waals surface area contributed by atoms with Crippen LogP contribution in [0.3, 0.4) is 0 Å². The van der Waals surface area contributed by atoms with Crippen molar-refractivity contribution in [1.82, 2.24) is 9.80 Å². The van der Waals surface area contributed by atoms with E-state index in [4.69, 9.17) is 18.9 Å². The predicted molar refractivity (Wildman–Crippen MR) is 359 cm³/mol. The van der Waals surface area contributed by atoms with Crippen LogP contribution in [0.1, 0.15) is 222 Å². The van der Waals surface area contributed by atoms with Gasteiger partial charge in [-0.3, -0.25) is 9.59 Å². The number of unbranched alkanes of at least 4 members (excludes halogenated alkanes) is 20. The van der Waals surface area contributed by atoms with E-state index in [9.17, 15) is 9.59 Å². The zero-order valence-corrected chi connectivity index (χ0v) is 55.2. The van der Waals surface area contributed by atoms with Crippen molar-refractivity contribution in [2.75, 3.05) is 39.5 Å². The third-order valence-corrected chi connectivity index (χ3v) is 21.3. The van der Waals surface area contributed by atoms with E-state index in [-0.39, 0.29) is 11.8 Å². The molecular formula is C72H98N2O6S4. The smallest absolute Gasteiger partial charge is 0.261 e. The number of amides is 2. The SMILES string of the molecule is CCCCCCCCCCOc1ccc(CCCCCCN2C(=O)C3=C(c4ccc(-c5sc6c(OCCC)c(-c7ccc(C)s7)sc6c5OCCC)s4)N(CCCCCCc4ccc(OCCCCCCCCCC)cc4)C(=O)C3=C2C)cc1. The Labute approximate surface area is 521 Å². The third kappa shape index (κ3) is 18.1. The van der Waals surface area contributed by atoms with Crippen molar-refractivity contribution < 1.29 is 28.5 Å². The highest BCUT2D eigenvalue weighted by molar-refractivity contribution is 7.34. The van der Waals surface area contributed by atoms with Crippen LogP contribution in [0.15, 0.2) is 89.6 Å². The van der Waals surface area contributed by atoms with E-state index < -0.39 is 0 Å². The van der Waals surface area contributed by atoms with Crippen molar-refractivity contribution >= 4 is 72.3 Å². The van der Waals surface area contributed by atoms with Crippen LogP contribution >= 0.6 is 45.3 Å². The first kappa shape index (κ1) is 65.1. The van der Waals surface area contributed by atoms with Gasteiger partial charge in [-0.25, -0.2) is 0 Å². The largest absolute Gasteiger partial charge is 0.494 e. The first-order chi connectivity index (χ1) is 41.2. The van der Waals surface area contributed by atoms with Gasteiger partial charge in [0.1, 0.15) is 11.5 Å². The maximum Gasteiger partial charge on any atom is 0.261 e. The lowest BCUT2D eigenvalue weighted by Gasteiger charge is -2.23. The molecule has 84 heavy (non-hydrogen) atoms. The molecule has 2 aromatic carbocycles. The molecule has 2 amide bonds. The van der Waals surface area contributed by atoms with Gasteiger partial charge in [-0.2, -0.15) is 0 Å². The monoisotopic (exact) mass is 1210 g/mol. The second-order valence-electron chi connectivity index (χ2n) is 23.3. The summed E-state index contributed by atoms with van der Waals surface area (Å²) in [6.07, 6.45) is 32.7. The molecule has 8 rings (SSSR count). The number of thiophene rings is 4. The third-order valence-electron chi connectivity index (χ3n) is 16.4. The molecule has 456 valence electrons. The summed E-state index contributed by atoms with van der Waals surface area (Å²) in [6, 6.07) is 26.0. The van der Waals surface area contributed by atoms with Crippen LogP contribution in [-0.4, -0.2) is 61.1 Å². The van der Waals surface area contributed by atoms with Gasteiger partial charge in [0, 0.05) is 33.4 Å². The summed E-state index contributed by atoms with van der Waals surface area (Å²) in [4.78, 5) is 40.3. The normalized spacial score (nSPS) is 13.5. The fourth-order valence-electron chi connectivity index (χ4n) is 11.6. The number of rotatable bonds is 43. The van der Waals surface area contributed by atoms with Crippen molar-refractivity contribution in [3.8, 4) is 42.5 Å². The van der Waals surface area contributed by atoms with Crippen LogP contribution < -0.4 is 18.9 Å². The zero-order valence-electron chi connectivity index (χ0n) is 51.9. The Morgan fingerprint density at radius 2 is 0.786 bits per heavy atom. The summed E-state index contributed by atoms with van der Waals surface area (Å²) in [5, 5.41) is 0. The molecule has 6 heterocycles. The summed E-state index contributed by atoms with van der Waals surface area (Å²) in [6.45, 7) is 17.0. The van der Waals surface area contributed by atoms with Crippen molar-refractivity contribution in [2.45, 2.75) is 221 Å². The molecule has 0 saturated heterocycles. The number of allylic oxidation sites excluding steroid dienone is 1. The number of ether oxygens (including phenoxy) is 4. The number of nitrogens with zero attached hydrogens (tertiary/aromatic N) is 2. The molecule has 0 spiro atoms. The molecule has 0 radical (unpaired) electrons. The maximum absolute atomic E-state index is 14.9. The van der Waals surface area contributed by atoms with Crippen LogP contribution in [0, 0.1) is 6.92 Å². The molecule has 0 saturated carbocycles. The molecule has 0 unspecified atom stereocenters. The highest BCUT2D eigenvalue weighted by atomic mass is 32.1. The zero-order chi connectivity index (χ0) is 58.9. The molecule has 2 aliphatic rings. The minimum atomic E-state index is -0.0461. The van der Waals surface area contributed by atoms with Gasteiger partial charge in [-0.15, -0.1) is 45.3 Å². The Morgan fingerprint density at radius 1 is 0.369 bits per heavy atom. The number of hydrogen-bond donors (Lipinski definition) is 0. The summed E-state index contributed by atoms with van der Waals surface area (Å²) >= 11 is 6.96. The minimum Gasteiger partial charge on any atom is -0.494 e. The molecular weight excluding hydrogens is 1120 g/mol. The summed E-state index contributed by atoms with van der Waals surface area (Å²) < 4.78 is 27.7. The van der Waals surface area contributed by atoms with E-state index in [0.717, 1.165) is 166 Å². The lowest BCUT2D eigenvalue weighted by molar-refractivity contribution is -0.124.